The molecular weight excluding hydrogens is 339 g/mol. The van der Waals surface area contributed by atoms with Crippen molar-refractivity contribution >= 4 is 0 Å². The Morgan fingerprint density at radius 3 is 2.20 bits per heavy atom. The number of halogens is 5. The minimum absolute atomic E-state index is 0.359. The van der Waals surface area contributed by atoms with Crippen molar-refractivity contribution in [1.29, 1.82) is 0 Å². The van der Waals surface area contributed by atoms with Crippen LogP contribution in [-0.4, -0.2) is 6.36 Å². The number of allylic oxidation sites excluding steroid dienone is 2. The fraction of sp³-hybridized carbons (Fsp3) is 0.579. The molecule has 0 spiro atoms. The van der Waals surface area contributed by atoms with Crippen LogP contribution in [0.1, 0.15) is 51.0 Å². The molecule has 1 saturated carbocycles. The molecule has 25 heavy (non-hydrogen) atoms. The molecule has 6 heteroatoms. The SMILES string of the molecule is CCC=CC1CCC(CCc2cc(F)c(OC(F)(F)F)c(F)c2)CC1. The Kier molecular flexibility index (Phi) is 6.85. The Morgan fingerprint density at radius 1 is 1.08 bits per heavy atom. The Labute approximate surface area is 144 Å². The number of ether oxygens (including phenoxy) is 1. The molecule has 0 unspecified atom stereocenters. The van der Waals surface area contributed by atoms with Gasteiger partial charge in [-0.2, -0.15) is 0 Å². The van der Waals surface area contributed by atoms with Gasteiger partial charge < -0.3 is 4.74 Å². The highest BCUT2D eigenvalue weighted by molar-refractivity contribution is 5.31. The van der Waals surface area contributed by atoms with E-state index in [1.807, 2.05) is 0 Å². The highest BCUT2D eigenvalue weighted by Gasteiger charge is 2.34. The highest BCUT2D eigenvalue weighted by atomic mass is 19.4. The van der Waals surface area contributed by atoms with Gasteiger partial charge >= 0.3 is 6.36 Å². The second kappa shape index (κ2) is 8.68. The number of aryl methyl sites for hydroxylation is 1. The van der Waals surface area contributed by atoms with Crippen LogP contribution in [0.3, 0.4) is 0 Å². The fourth-order valence-electron chi connectivity index (χ4n) is 3.34. The predicted molar refractivity (Wildman–Crippen MR) is 86.2 cm³/mol. The van der Waals surface area contributed by atoms with Gasteiger partial charge in [-0.15, -0.1) is 13.2 Å². The van der Waals surface area contributed by atoms with E-state index in [1.54, 1.807) is 0 Å². The van der Waals surface area contributed by atoms with Crippen LogP contribution >= 0.6 is 0 Å². The third kappa shape index (κ3) is 6.33. The summed E-state index contributed by atoms with van der Waals surface area (Å²) in [7, 11) is 0. The first-order chi connectivity index (χ1) is 11.8. The first-order valence-electron chi connectivity index (χ1n) is 8.68. The zero-order valence-electron chi connectivity index (χ0n) is 14.2. The van der Waals surface area contributed by atoms with Crippen LogP contribution in [-0.2, 0) is 6.42 Å². The van der Waals surface area contributed by atoms with Crippen molar-refractivity contribution in [2.45, 2.75) is 58.2 Å². The largest absolute Gasteiger partial charge is 0.573 e. The summed E-state index contributed by atoms with van der Waals surface area (Å²) >= 11 is 0. The van der Waals surface area contributed by atoms with E-state index in [-0.39, 0.29) is 0 Å². The molecule has 0 saturated heterocycles. The fourth-order valence-corrected chi connectivity index (χ4v) is 3.34. The summed E-state index contributed by atoms with van der Waals surface area (Å²) in [6.45, 7) is 2.10. The van der Waals surface area contributed by atoms with Crippen molar-refractivity contribution < 1.29 is 26.7 Å². The molecule has 1 fully saturated rings. The van der Waals surface area contributed by atoms with Gasteiger partial charge in [0.05, 0.1) is 0 Å². The molecule has 0 aromatic heterocycles. The van der Waals surface area contributed by atoms with Gasteiger partial charge in [0, 0.05) is 0 Å². The number of rotatable bonds is 6. The van der Waals surface area contributed by atoms with E-state index in [4.69, 9.17) is 0 Å². The molecule has 0 amide bonds. The zero-order chi connectivity index (χ0) is 18.4. The molecule has 140 valence electrons. The van der Waals surface area contributed by atoms with E-state index in [1.165, 1.54) is 0 Å². The molecule has 0 bridgehead atoms. The highest BCUT2D eigenvalue weighted by Crippen LogP contribution is 2.34. The third-order valence-corrected chi connectivity index (χ3v) is 4.65. The van der Waals surface area contributed by atoms with Crippen molar-refractivity contribution in [2.75, 3.05) is 0 Å². The first-order valence-corrected chi connectivity index (χ1v) is 8.68. The Morgan fingerprint density at radius 2 is 1.68 bits per heavy atom. The lowest BCUT2D eigenvalue weighted by Crippen LogP contribution is -2.19. The second-order valence-electron chi connectivity index (χ2n) is 6.59. The maximum absolute atomic E-state index is 13.7. The number of alkyl halides is 3. The van der Waals surface area contributed by atoms with Crippen LogP contribution in [0.4, 0.5) is 22.0 Å². The van der Waals surface area contributed by atoms with Gasteiger partial charge in [-0.3, -0.25) is 0 Å². The molecule has 1 aromatic carbocycles. The lowest BCUT2D eigenvalue weighted by atomic mass is 9.79. The van der Waals surface area contributed by atoms with Crippen LogP contribution in [0.2, 0.25) is 0 Å². The van der Waals surface area contributed by atoms with E-state index in [0.29, 0.717) is 23.8 Å². The Balaban J connectivity index is 1.89. The smallest absolute Gasteiger partial charge is 0.399 e. The molecule has 1 nitrogen and oxygen atoms in total. The average molecular weight is 362 g/mol. The lowest BCUT2D eigenvalue weighted by molar-refractivity contribution is -0.276. The van der Waals surface area contributed by atoms with Crippen molar-refractivity contribution in [2.24, 2.45) is 11.8 Å². The Hall–Kier alpha value is -1.59. The minimum atomic E-state index is -5.12. The summed E-state index contributed by atoms with van der Waals surface area (Å²) < 4.78 is 67.2. The lowest BCUT2D eigenvalue weighted by Gasteiger charge is -2.26. The summed E-state index contributed by atoms with van der Waals surface area (Å²) in [6, 6.07) is 1.86. The number of hydrogen-bond donors (Lipinski definition) is 0. The van der Waals surface area contributed by atoms with E-state index in [2.05, 4.69) is 23.8 Å². The Bertz CT molecular complexity index is 563. The molecular formula is C19H23F5O. The molecule has 1 aliphatic carbocycles. The van der Waals surface area contributed by atoms with Gasteiger partial charge in [-0.25, -0.2) is 8.78 Å². The summed E-state index contributed by atoms with van der Waals surface area (Å²) in [4.78, 5) is 0. The maximum Gasteiger partial charge on any atom is 0.573 e. The normalized spacial score (nSPS) is 21.7. The number of hydrogen-bond acceptors (Lipinski definition) is 1. The molecule has 1 aliphatic rings. The van der Waals surface area contributed by atoms with Gasteiger partial charge in [-0.1, -0.05) is 19.1 Å². The summed E-state index contributed by atoms with van der Waals surface area (Å²) in [6.07, 6.45) is 5.95. The minimum Gasteiger partial charge on any atom is -0.399 e. The van der Waals surface area contributed by atoms with Crippen LogP contribution < -0.4 is 4.74 Å². The molecule has 0 heterocycles. The van der Waals surface area contributed by atoms with Crippen LogP contribution in [0.25, 0.3) is 0 Å². The van der Waals surface area contributed by atoms with Crippen molar-refractivity contribution in [3.05, 3.63) is 41.5 Å². The topological polar surface area (TPSA) is 9.23 Å². The summed E-state index contributed by atoms with van der Waals surface area (Å²) in [5.74, 6) is -2.92. The molecule has 0 atom stereocenters. The predicted octanol–water partition coefficient (Wildman–Crippen LogP) is 6.57. The maximum atomic E-state index is 13.7. The van der Waals surface area contributed by atoms with Crippen LogP contribution in [0.15, 0.2) is 24.3 Å². The molecule has 0 radical (unpaired) electrons. The first kappa shape index (κ1) is 19.7. The van der Waals surface area contributed by atoms with Gasteiger partial charge in [0.15, 0.2) is 11.6 Å². The molecule has 0 N–H and O–H groups in total. The van der Waals surface area contributed by atoms with E-state index >= 15 is 0 Å². The molecule has 2 rings (SSSR count). The summed E-state index contributed by atoms with van der Waals surface area (Å²) in [5.41, 5.74) is 0.359. The zero-order valence-corrected chi connectivity index (χ0v) is 14.2. The van der Waals surface area contributed by atoms with E-state index < -0.39 is 23.7 Å². The average Bonchev–Trinajstić information content (AvgIpc) is 2.54. The van der Waals surface area contributed by atoms with Crippen molar-refractivity contribution in [3.8, 4) is 5.75 Å². The third-order valence-electron chi connectivity index (χ3n) is 4.65. The van der Waals surface area contributed by atoms with Gasteiger partial charge in [0.1, 0.15) is 0 Å². The standard InChI is InChI=1S/C19H23F5O/c1-2-3-4-13-5-7-14(8-6-13)9-10-15-11-16(20)18(17(21)12-15)25-19(22,23)24/h3-4,11-14H,2,5-10H2,1H3. The second-order valence-corrected chi connectivity index (χ2v) is 6.59. The van der Waals surface area contributed by atoms with Crippen LogP contribution in [0.5, 0.6) is 5.75 Å². The van der Waals surface area contributed by atoms with Crippen molar-refractivity contribution in [3.63, 3.8) is 0 Å². The molecule has 1 aromatic rings. The van der Waals surface area contributed by atoms with E-state index in [0.717, 1.165) is 50.7 Å². The monoisotopic (exact) mass is 362 g/mol. The van der Waals surface area contributed by atoms with Gasteiger partial charge in [-0.05, 0) is 74.5 Å². The van der Waals surface area contributed by atoms with Gasteiger partial charge in [0.25, 0.3) is 0 Å². The quantitative estimate of drug-likeness (QED) is 0.411. The van der Waals surface area contributed by atoms with E-state index in [9.17, 15) is 22.0 Å². The van der Waals surface area contributed by atoms with Crippen molar-refractivity contribution in [1.82, 2.24) is 0 Å². The molecule has 0 aliphatic heterocycles. The number of benzene rings is 1. The summed E-state index contributed by atoms with van der Waals surface area (Å²) in [5, 5.41) is 0. The van der Waals surface area contributed by atoms with Gasteiger partial charge in [0.2, 0.25) is 5.75 Å². The van der Waals surface area contributed by atoms with Crippen LogP contribution in [0, 0.1) is 23.5 Å².